The summed E-state index contributed by atoms with van der Waals surface area (Å²) in [5, 5.41) is 10.7. The zero-order valence-electron chi connectivity index (χ0n) is 13.7. The summed E-state index contributed by atoms with van der Waals surface area (Å²) in [6.07, 6.45) is 2.64. The highest BCUT2D eigenvalue weighted by molar-refractivity contribution is 14.0. The second-order valence-electron chi connectivity index (χ2n) is 5.45. The van der Waals surface area contributed by atoms with E-state index in [0.29, 0.717) is 6.54 Å². The fraction of sp³-hybridized carbons (Fsp3) is 0.412. The van der Waals surface area contributed by atoms with E-state index in [1.807, 2.05) is 25.2 Å². The van der Waals surface area contributed by atoms with E-state index >= 15 is 0 Å². The summed E-state index contributed by atoms with van der Waals surface area (Å²) in [5.74, 6) is 2.14. The van der Waals surface area contributed by atoms with E-state index in [9.17, 15) is 0 Å². The highest BCUT2D eigenvalue weighted by Crippen LogP contribution is 2.25. The lowest BCUT2D eigenvalue weighted by Gasteiger charge is -2.14. The lowest BCUT2D eigenvalue weighted by molar-refractivity contribution is 0.724. The van der Waals surface area contributed by atoms with Crippen LogP contribution in [-0.4, -0.2) is 35.5 Å². The Bertz CT molecular complexity index is 639. The largest absolute Gasteiger partial charge is 0.355 e. The van der Waals surface area contributed by atoms with Crippen LogP contribution in [0.3, 0.4) is 0 Å². The van der Waals surface area contributed by atoms with Crippen LogP contribution in [-0.2, 0) is 6.54 Å². The predicted octanol–water partition coefficient (Wildman–Crippen LogP) is 3.99. The first kappa shape index (κ1) is 19.5. The molecular formula is C17H23IN4S2. The quantitative estimate of drug-likeness (QED) is 0.391. The van der Waals surface area contributed by atoms with Crippen molar-refractivity contribution in [2.75, 3.05) is 19.3 Å². The number of benzene rings is 1. The summed E-state index contributed by atoms with van der Waals surface area (Å²) in [4.78, 5) is 8.98. The summed E-state index contributed by atoms with van der Waals surface area (Å²) in [7, 11) is 1.81. The van der Waals surface area contributed by atoms with Gasteiger partial charge in [-0.05, 0) is 18.6 Å². The van der Waals surface area contributed by atoms with Crippen LogP contribution in [0.2, 0.25) is 0 Å². The topological polar surface area (TPSA) is 49.3 Å². The minimum absolute atomic E-state index is 0. The van der Waals surface area contributed by atoms with Gasteiger partial charge in [0.15, 0.2) is 5.96 Å². The van der Waals surface area contributed by atoms with Crippen molar-refractivity contribution in [3.8, 4) is 10.6 Å². The van der Waals surface area contributed by atoms with Crippen LogP contribution >= 0.6 is 47.1 Å². The maximum absolute atomic E-state index is 4.69. The molecule has 2 N–H and O–H groups in total. The van der Waals surface area contributed by atoms with E-state index in [2.05, 4.69) is 44.9 Å². The first-order valence-electron chi connectivity index (χ1n) is 7.91. The first-order chi connectivity index (χ1) is 11.3. The Hall–Kier alpha value is -0.800. The number of nitrogens with one attached hydrogen (secondary N) is 2. The number of rotatable bonds is 5. The molecule has 1 aromatic heterocycles. The van der Waals surface area contributed by atoms with E-state index in [-0.39, 0.29) is 24.0 Å². The molecule has 1 unspecified atom stereocenters. The molecule has 24 heavy (non-hydrogen) atoms. The van der Waals surface area contributed by atoms with E-state index in [1.54, 1.807) is 11.3 Å². The average Bonchev–Trinajstić information content (AvgIpc) is 3.27. The SMILES string of the molecule is CN=C(NCc1csc(-c2ccccc2)n1)NCC1CCCS1.I. The predicted molar refractivity (Wildman–Crippen MR) is 117 cm³/mol. The van der Waals surface area contributed by atoms with Crippen molar-refractivity contribution in [1.29, 1.82) is 0 Å². The number of aliphatic imine (C=N–C) groups is 1. The van der Waals surface area contributed by atoms with Gasteiger partial charge >= 0.3 is 0 Å². The lowest BCUT2D eigenvalue weighted by Crippen LogP contribution is -2.39. The maximum atomic E-state index is 4.69. The van der Waals surface area contributed by atoms with Crippen LogP contribution in [0.5, 0.6) is 0 Å². The number of nitrogens with zero attached hydrogens (tertiary/aromatic N) is 2. The normalized spacial score (nSPS) is 17.4. The van der Waals surface area contributed by atoms with Gasteiger partial charge in [0.05, 0.1) is 12.2 Å². The Kier molecular flexibility index (Phi) is 8.34. The smallest absolute Gasteiger partial charge is 0.191 e. The minimum Gasteiger partial charge on any atom is -0.355 e. The van der Waals surface area contributed by atoms with Crippen molar-refractivity contribution in [2.24, 2.45) is 4.99 Å². The third kappa shape index (κ3) is 5.63. The summed E-state index contributed by atoms with van der Waals surface area (Å²) >= 11 is 3.74. The van der Waals surface area contributed by atoms with Crippen molar-refractivity contribution in [3.63, 3.8) is 0 Å². The van der Waals surface area contributed by atoms with Crippen LogP contribution in [0.25, 0.3) is 10.6 Å². The molecule has 1 aliphatic heterocycles. The van der Waals surface area contributed by atoms with E-state index in [0.717, 1.165) is 28.5 Å². The van der Waals surface area contributed by atoms with Crippen molar-refractivity contribution >= 4 is 53.0 Å². The fourth-order valence-electron chi connectivity index (χ4n) is 2.51. The highest BCUT2D eigenvalue weighted by Gasteiger charge is 2.15. The molecule has 4 nitrogen and oxygen atoms in total. The van der Waals surface area contributed by atoms with Crippen molar-refractivity contribution < 1.29 is 0 Å². The molecule has 0 spiro atoms. The van der Waals surface area contributed by atoms with Gasteiger partial charge in [0.2, 0.25) is 0 Å². The average molecular weight is 474 g/mol. The minimum atomic E-state index is 0. The van der Waals surface area contributed by atoms with Crippen LogP contribution in [0.4, 0.5) is 0 Å². The standard InChI is InChI=1S/C17H22N4S2.HI/c1-18-17(20-11-15-8-5-9-22-15)19-10-14-12-23-16(21-14)13-6-3-2-4-7-13;/h2-4,6-7,12,15H,5,8-11H2,1H3,(H2,18,19,20);1H. The van der Waals surface area contributed by atoms with Crippen molar-refractivity contribution in [2.45, 2.75) is 24.6 Å². The molecule has 2 aromatic rings. The van der Waals surface area contributed by atoms with Gasteiger partial charge in [-0.15, -0.1) is 35.3 Å². The molecule has 0 bridgehead atoms. The molecule has 1 fully saturated rings. The fourth-order valence-corrected chi connectivity index (χ4v) is 4.54. The second kappa shape index (κ2) is 10.2. The number of thioether (sulfide) groups is 1. The molecule has 0 saturated carbocycles. The number of hydrogen-bond donors (Lipinski definition) is 2. The third-order valence-corrected chi connectivity index (χ3v) is 6.09. The molecule has 2 heterocycles. The van der Waals surface area contributed by atoms with Crippen LogP contribution in [0.15, 0.2) is 40.7 Å². The monoisotopic (exact) mass is 474 g/mol. The number of hydrogen-bond acceptors (Lipinski definition) is 4. The molecule has 0 aliphatic carbocycles. The van der Waals surface area contributed by atoms with Crippen LogP contribution in [0, 0.1) is 0 Å². The molecule has 0 amide bonds. The van der Waals surface area contributed by atoms with Gasteiger partial charge in [-0.2, -0.15) is 11.8 Å². The Balaban J connectivity index is 0.00000208. The Morgan fingerprint density at radius 3 is 2.83 bits per heavy atom. The third-order valence-electron chi connectivity index (χ3n) is 3.75. The summed E-state index contributed by atoms with van der Waals surface area (Å²) in [6, 6.07) is 10.3. The zero-order valence-corrected chi connectivity index (χ0v) is 17.7. The summed E-state index contributed by atoms with van der Waals surface area (Å²) < 4.78 is 0. The molecule has 1 aromatic carbocycles. The Labute approximate surface area is 169 Å². The molecule has 1 saturated heterocycles. The lowest BCUT2D eigenvalue weighted by atomic mass is 10.2. The number of halogens is 1. The van der Waals surface area contributed by atoms with Crippen molar-refractivity contribution in [3.05, 3.63) is 41.4 Å². The van der Waals surface area contributed by atoms with Gasteiger partial charge < -0.3 is 10.6 Å². The molecular weight excluding hydrogens is 451 g/mol. The molecule has 1 atom stereocenters. The molecule has 130 valence electrons. The van der Waals surface area contributed by atoms with Gasteiger partial charge in [0.1, 0.15) is 5.01 Å². The van der Waals surface area contributed by atoms with Gasteiger partial charge in [-0.1, -0.05) is 30.3 Å². The maximum Gasteiger partial charge on any atom is 0.191 e. The Morgan fingerprint density at radius 1 is 1.29 bits per heavy atom. The number of aromatic nitrogens is 1. The van der Waals surface area contributed by atoms with E-state index in [1.165, 1.54) is 24.2 Å². The zero-order chi connectivity index (χ0) is 15.9. The molecule has 1 aliphatic rings. The molecule has 3 rings (SSSR count). The highest BCUT2D eigenvalue weighted by atomic mass is 127. The summed E-state index contributed by atoms with van der Waals surface area (Å²) in [6.45, 7) is 1.68. The van der Waals surface area contributed by atoms with Gasteiger partial charge in [0.25, 0.3) is 0 Å². The van der Waals surface area contributed by atoms with Gasteiger partial charge in [-0.25, -0.2) is 4.98 Å². The summed E-state index contributed by atoms with van der Waals surface area (Å²) in [5.41, 5.74) is 2.22. The van der Waals surface area contributed by atoms with Gasteiger partial charge in [-0.3, -0.25) is 4.99 Å². The Morgan fingerprint density at radius 2 is 2.12 bits per heavy atom. The van der Waals surface area contributed by atoms with E-state index in [4.69, 9.17) is 4.98 Å². The number of guanidine groups is 1. The number of thiazole rings is 1. The van der Waals surface area contributed by atoms with E-state index < -0.39 is 0 Å². The molecule has 7 heteroatoms. The second-order valence-corrected chi connectivity index (χ2v) is 7.72. The van der Waals surface area contributed by atoms with Gasteiger partial charge in [0, 0.05) is 29.8 Å². The first-order valence-corrected chi connectivity index (χ1v) is 9.84. The van der Waals surface area contributed by atoms with Crippen molar-refractivity contribution in [1.82, 2.24) is 15.6 Å². The van der Waals surface area contributed by atoms with Crippen LogP contribution in [0.1, 0.15) is 18.5 Å². The van der Waals surface area contributed by atoms with Crippen LogP contribution < -0.4 is 10.6 Å². The molecule has 0 radical (unpaired) electrons.